The van der Waals surface area contributed by atoms with Crippen molar-refractivity contribution in [2.75, 3.05) is 32.1 Å². The fourth-order valence-electron chi connectivity index (χ4n) is 3.72. The van der Waals surface area contributed by atoms with Gasteiger partial charge in [-0.3, -0.25) is 4.68 Å². The highest BCUT2D eigenvalue weighted by atomic mass is 16.5. The lowest BCUT2D eigenvalue weighted by atomic mass is 9.75. The van der Waals surface area contributed by atoms with Gasteiger partial charge in [0.05, 0.1) is 25.0 Å². The van der Waals surface area contributed by atoms with Gasteiger partial charge in [0, 0.05) is 26.4 Å². The molecule has 6 heteroatoms. The maximum Gasteiger partial charge on any atom is 0.321 e. The molecule has 1 aromatic rings. The summed E-state index contributed by atoms with van der Waals surface area (Å²) >= 11 is 0. The lowest BCUT2D eigenvalue weighted by Gasteiger charge is -2.41. The topological polar surface area (TPSA) is 59.4 Å². The lowest BCUT2D eigenvalue weighted by molar-refractivity contribution is 0.108. The van der Waals surface area contributed by atoms with E-state index in [0.29, 0.717) is 19.1 Å². The molecule has 1 N–H and O–H groups in total. The zero-order valence-corrected chi connectivity index (χ0v) is 13.3. The van der Waals surface area contributed by atoms with Crippen molar-refractivity contribution in [2.45, 2.75) is 38.6 Å². The highest BCUT2D eigenvalue weighted by molar-refractivity contribution is 5.89. The lowest BCUT2D eigenvalue weighted by Crippen LogP contribution is -2.46. The van der Waals surface area contributed by atoms with E-state index >= 15 is 0 Å². The third kappa shape index (κ3) is 3.61. The van der Waals surface area contributed by atoms with Gasteiger partial charge in [0.15, 0.2) is 0 Å². The minimum Gasteiger partial charge on any atom is -0.383 e. The van der Waals surface area contributed by atoms with Crippen molar-refractivity contribution in [1.82, 2.24) is 14.7 Å². The van der Waals surface area contributed by atoms with Gasteiger partial charge in [0.25, 0.3) is 0 Å². The molecule has 2 heterocycles. The Morgan fingerprint density at radius 3 is 3.00 bits per heavy atom. The first-order valence-corrected chi connectivity index (χ1v) is 8.33. The molecular weight excluding hydrogens is 280 g/mol. The van der Waals surface area contributed by atoms with Crippen LogP contribution in [-0.4, -0.2) is 47.5 Å². The first-order chi connectivity index (χ1) is 10.8. The first kappa shape index (κ1) is 15.3. The van der Waals surface area contributed by atoms with E-state index in [4.69, 9.17) is 4.74 Å². The Bertz CT molecular complexity index is 502. The number of piperidine rings is 1. The van der Waals surface area contributed by atoms with E-state index in [2.05, 4.69) is 10.4 Å². The molecular formula is C16H26N4O2. The van der Waals surface area contributed by atoms with Crippen molar-refractivity contribution >= 4 is 11.7 Å². The number of amides is 2. The van der Waals surface area contributed by atoms with Gasteiger partial charge >= 0.3 is 6.03 Å². The summed E-state index contributed by atoms with van der Waals surface area (Å²) < 4.78 is 6.81. The Balaban J connectivity index is 1.52. The quantitative estimate of drug-likeness (QED) is 0.930. The number of ether oxygens (including phenoxy) is 1. The van der Waals surface area contributed by atoms with Crippen molar-refractivity contribution in [3.8, 4) is 0 Å². The van der Waals surface area contributed by atoms with Crippen LogP contribution in [-0.2, 0) is 11.3 Å². The average molecular weight is 306 g/mol. The molecule has 1 aliphatic carbocycles. The number of likely N-dealkylation sites (tertiary alicyclic amines) is 1. The van der Waals surface area contributed by atoms with Crippen LogP contribution in [0.5, 0.6) is 0 Å². The molecule has 22 heavy (non-hydrogen) atoms. The molecule has 2 atom stereocenters. The van der Waals surface area contributed by atoms with Crippen LogP contribution in [0.15, 0.2) is 12.4 Å². The maximum atomic E-state index is 12.4. The van der Waals surface area contributed by atoms with Gasteiger partial charge in [-0.05, 0) is 24.7 Å². The third-order valence-electron chi connectivity index (χ3n) is 4.99. The summed E-state index contributed by atoms with van der Waals surface area (Å²) in [6.07, 6.45) is 10.0. The van der Waals surface area contributed by atoms with Gasteiger partial charge < -0.3 is 15.0 Å². The normalized spacial score (nSPS) is 24.9. The fraction of sp³-hybridized carbons (Fsp3) is 0.750. The van der Waals surface area contributed by atoms with Gasteiger partial charge in [0.1, 0.15) is 0 Å². The van der Waals surface area contributed by atoms with Crippen molar-refractivity contribution in [3.63, 3.8) is 0 Å². The molecule has 2 fully saturated rings. The summed E-state index contributed by atoms with van der Waals surface area (Å²) in [5, 5.41) is 7.19. The highest BCUT2D eigenvalue weighted by Gasteiger charge is 2.32. The van der Waals surface area contributed by atoms with Crippen LogP contribution in [0.1, 0.15) is 32.1 Å². The number of rotatable bonds is 4. The summed E-state index contributed by atoms with van der Waals surface area (Å²) in [4.78, 5) is 14.4. The standard InChI is InChI=1S/C16H26N4O2/c1-22-9-8-20-12-15(10-17-20)18-16(21)19-7-6-13-4-2-3-5-14(13)11-19/h10,12-14H,2-9,11H2,1H3,(H,18,21)/t13-,14-/m0/s1. The number of carbonyl (C=O) groups excluding carboxylic acids is 1. The monoisotopic (exact) mass is 306 g/mol. The van der Waals surface area contributed by atoms with Gasteiger partial charge in [-0.1, -0.05) is 19.3 Å². The van der Waals surface area contributed by atoms with Crippen LogP contribution < -0.4 is 5.32 Å². The van der Waals surface area contributed by atoms with Crippen LogP contribution in [0.4, 0.5) is 10.5 Å². The van der Waals surface area contributed by atoms with Crippen molar-refractivity contribution in [1.29, 1.82) is 0 Å². The zero-order chi connectivity index (χ0) is 15.4. The molecule has 1 aromatic heterocycles. The van der Waals surface area contributed by atoms with Gasteiger partial charge in [-0.15, -0.1) is 0 Å². The summed E-state index contributed by atoms with van der Waals surface area (Å²) in [5.41, 5.74) is 0.756. The number of nitrogens with one attached hydrogen (secondary N) is 1. The number of hydrogen-bond acceptors (Lipinski definition) is 3. The largest absolute Gasteiger partial charge is 0.383 e. The molecule has 2 amide bonds. The van der Waals surface area contributed by atoms with E-state index in [9.17, 15) is 4.79 Å². The third-order valence-corrected chi connectivity index (χ3v) is 4.99. The van der Waals surface area contributed by atoms with Crippen molar-refractivity contribution in [3.05, 3.63) is 12.4 Å². The van der Waals surface area contributed by atoms with Crippen LogP contribution in [0.25, 0.3) is 0 Å². The SMILES string of the molecule is COCCn1cc(NC(=O)N2CC[C@@H]3CCCC[C@H]3C2)cn1. The van der Waals surface area contributed by atoms with Crippen LogP contribution >= 0.6 is 0 Å². The predicted molar refractivity (Wildman–Crippen MR) is 84.8 cm³/mol. The second-order valence-corrected chi connectivity index (χ2v) is 6.45. The Hall–Kier alpha value is -1.56. The van der Waals surface area contributed by atoms with E-state index in [1.807, 2.05) is 11.1 Å². The maximum absolute atomic E-state index is 12.4. The average Bonchev–Trinajstić information content (AvgIpc) is 2.99. The van der Waals surface area contributed by atoms with E-state index in [0.717, 1.165) is 31.1 Å². The molecule has 3 rings (SSSR count). The molecule has 0 spiro atoms. The van der Waals surface area contributed by atoms with E-state index < -0.39 is 0 Å². The molecule has 0 radical (unpaired) electrons. The summed E-state index contributed by atoms with van der Waals surface area (Å²) in [6.45, 7) is 3.10. The van der Waals surface area contributed by atoms with E-state index in [1.165, 1.54) is 25.7 Å². The number of carbonyl (C=O) groups is 1. The molecule has 6 nitrogen and oxygen atoms in total. The minimum atomic E-state index is 0.00955. The minimum absolute atomic E-state index is 0.00955. The molecule has 1 saturated carbocycles. The van der Waals surface area contributed by atoms with Gasteiger partial charge in [-0.2, -0.15) is 5.10 Å². The van der Waals surface area contributed by atoms with Crippen LogP contribution in [0, 0.1) is 11.8 Å². The molecule has 1 saturated heterocycles. The first-order valence-electron chi connectivity index (χ1n) is 8.33. The zero-order valence-electron chi connectivity index (χ0n) is 13.3. The summed E-state index contributed by atoms with van der Waals surface area (Å²) in [6, 6.07) is 0.00955. The molecule has 122 valence electrons. The molecule has 0 bridgehead atoms. The smallest absolute Gasteiger partial charge is 0.321 e. The van der Waals surface area contributed by atoms with Crippen molar-refractivity contribution in [2.24, 2.45) is 11.8 Å². The highest BCUT2D eigenvalue weighted by Crippen LogP contribution is 2.36. The van der Waals surface area contributed by atoms with E-state index in [1.54, 1.807) is 18.0 Å². The number of anilines is 1. The Labute approximate surface area is 131 Å². The Morgan fingerprint density at radius 1 is 1.36 bits per heavy atom. The Kier molecular flexibility index (Phi) is 4.97. The van der Waals surface area contributed by atoms with Crippen LogP contribution in [0.2, 0.25) is 0 Å². The number of methoxy groups -OCH3 is 1. The molecule has 0 unspecified atom stereocenters. The summed E-state index contributed by atoms with van der Waals surface area (Å²) in [5.74, 6) is 1.55. The predicted octanol–water partition coefficient (Wildman–Crippen LogP) is 2.57. The van der Waals surface area contributed by atoms with Gasteiger partial charge in [0.2, 0.25) is 0 Å². The fourth-order valence-corrected chi connectivity index (χ4v) is 3.72. The number of aromatic nitrogens is 2. The number of urea groups is 1. The molecule has 1 aliphatic heterocycles. The van der Waals surface area contributed by atoms with Crippen molar-refractivity contribution < 1.29 is 9.53 Å². The second kappa shape index (κ2) is 7.13. The van der Waals surface area contributed by atoms with Gasteiger partial charge in [-0.25, -0.2) is 4.79 Å². The Morgan fingerprint density at radius 2 is 2.18 bits per heavy atom. The number of hydrogen-bond donors (Lipinski definition) is 1. The van der Waals surface area contributed by atoms with Crippen LogP contribution in [0.3, 0.4) is 0 Å². The molecule has 2 aliphatic rings. The number of nitrogens with zero attached hydrogens (tertiary/aromatic N) is 3. The van der Waals surface area contributed by atoms with E-state index in [-0.39, 0.29) is 6.03 Å². The second-order valence-electron chi connectivity index (χ2n) is 6.45. The number of fused-ring (bicyclic) bond motifs is 1. The summed E-state index contributed by atoms with van der Waals surface area (Å²) in [7, 11) is 1.67. The molecule has 0 aromatic carbocycles.